The van der Waals surface area contributed by atoms with Crippen molar-refractivity contribution in [1.82, 2.24) is 19.6 Å². The number of rotatable bonds is 6. The van der Waals surface area contributed by atoms with E-state index >= 15 is 0 Å². The Morgan fingerprint density at radius 3 is 2.78 bits per heavy atom. The van der Waals surface area contributed by atoms with Gasteiger partial charge in [0.1, 0.15) is 12.4 Å². The van der Waals surface area contributed by atoms with Crippen molar-refractivity contribution < 1.29 is 4.79 Å². The van der Waals surface area contributed by atoms with Crippen LogP contribution in [0.1, 0.15) is 11.3 Å². The maximum absolute atomic E-state index is 12.5. The van der Waals surface area contributed by atoms with Crippen molar-refractivity contribution in [2.45, 2.75) is 20.0 Å². The first-order valence-electron chi connectivity index (χ1n) is 8.61. The molecule has 4 aromatic rings. The van der Waals surface area contributed by atoms with E-state index in [-0.39, 0.29) is 12.5 Å². The number of benzene rings is 1. The topological polar surface area (TPSA) is 64.7 Å². The molecule has 0 spiro atoms. The predicted molar refractivity (Wildman–Crippen MR) is 107 cm³/mol. The van der Waals surface area contributed by atoms with Gasteiger partial charge in [0, 0.05) is 23.2 Å². The number of hydrogen-bond acceptors (Lipinski definition) is 4. The predicted octanol–water partition coefficient (Wildman–Crippen LogP) is 3.80. The Morgan fingerprint density at radius 2 is 2.00 bits per heavy atom. The largest absolute Gasteiger partial charge is 0.309 e. The molecule has 0 atom stereocenters. The smallest absolute Gasteiger partial charge is 0.247 e. The molecular formula is C20H19N5OS. The molecule has 6 nitrogen and oxygen atoms in total. The van der Waals surface area contributed by atoms with E-state index in [9.17, 15) is 4.79 Å². The van der Waals surface area contributed by atoms with Crippen LogP contribution in [0.4, 0.5) is 5.82 Å². The molecule has 1 aromatic carbocycles. The van der Waals surface area contributed by atoms with E-state index < -0.39 is 0 Å². The average molecular weight is 377 g/mol. The van der Waals surface area contributed by atoms with Crippen molar-refractivity contribution in [1.29, 1.82) is 0 Å². The van der Waals surface area contributed by atoms with Gasteiger partial charge < -0.3 is 5.32 Å². The van der Waals surface area contributed by atoms with Crippen LogP contribution in [-0.2, 0) is 17.9 Å². The molecular weight excluding hydrogens is 358 g/mol. The van der Waals surface area contributed by atoms with Crippen LogP contribution in [0.15, 0.2) is 65.5 Å². The quantitative estimate of drug-likeness (QED) is 0.556. The van der Waals surface area contributed by atoms with Gasteiger partial charge in [0.2, 0.25) is 5.91 Å². The molecule has 3 aromatic heterocycles. The van der Waals surface area contributed by atoms with Crippen LogP contribution in [0, 0.1) is 6.92 Å². The van der Waals surface area contributed by atoms with Crippen LogP contribution >= 0.6 is 11.3 Å². The summed E-state index contributed by atoms with van der Waals surface area (Å²) in [5.41, 5.74) is 3.92. The summed E-state index contributed by atoms with van der Waals surface area (Å²) in [6.07, 6.45) is 1.82. The van der Waals surface area contributed by atoms with E-state index in [0.29, 0.717) is 12.4 Å². The fourth-order valence-electron chi connectivity index (χ4n) is 2.87. The highest BCUT2D eigenvalue weighted by molar-refractivity contribution is 7.08. The molecule has 0 bridgehead atoms. The summed E-state index contributed by atoms with van der Waals surface area (Å²) in [6, 6.07) is 15.9. The fraction of sp³-hybridized carbons (Fsp3) is 0.150. The van der Waals surface area contributed by atoms with Gasteiger partial charge in [0.15, 0.2) is 0 Å². The Bertz CT molecular complexity index is 1030. The van der Waals surface area contributed by atoms with Crippen molar-refractivity contribution in [2.75, 3.05) is 5.32 Å². The molecule has 136 valence electrons. The first-order chi connectivity index (χ1) is 13.2. The Kier molecular flexibility index (Phi) is 4.84. The molecule has 0 saturated carbocycles. The third kappa shape index (κ3) is 4.15. The third-order valence-corrected chi connectivity index (χ3v) is 4.79. The summed E-state index contributed by atoms with van der Waals surface area (Å²) in [4.78, 5) is 12.5. The first kappa shape index (κ1) is 17.2. The molecule has 0 fully saturated rings. The number of thiophene rings is 1. The molecule has 0 saturated heterocycles. The van der Waals surface area contributed by atoms with Gasteiger partial charge in [-0.15, -0.1) is 0 Å². The number of nitrogens with one attached hydrogen (secondary N) is 1. The molecule has 0 aliphatic carbocycles. The zero-order chi connectivity index (χ0) is 18.6. The van der Waals surface area contributed by atoms with E-state index in [0.717, 1.165) is 22.5 Å². The fourth-order valence-corrected chi connectivity index (χ4v) is 3.52. The Balaban J connectivity index is 1.44. The number of anilines is 1. The second kappa shape index (κ2) is 7.59. The lowest BCUT2D eigenvalue weighted by Gasteiger charge is -2.09. The molecule has 27 heavy (non-hydrogen) atoms. The molecule has 7 heteroatoms. The minimum atomic E-state index is -0.135. The second-order valence-corrected chi connectivity index (χ2v) is 7.05. The summed E-state index contributed by atoms with van der Waals surface area (Å²) < 4.78 is 3.45. The highest BCUT2D eigenvalue weighted by Crippen LogP contribution is 2.19. The van der Waals surface area contributed by atoms with Crippen LogP contribution in [-0.4, -0.2) is 25.5 Å². The number of carbonyl (C=O) groups is 1. The molecule has 0 unspecified atom stereocenters. The van der Waals surface area contributed by atoms with E-state index in [1.807, 2.05) is 77.1 Å². The second-order valence-electron chi connectivity index (χ2n) is 6.27. The van der Waals surface area contributed by atoms with Gasteiger partial charge in [-0.25, -0.2) is 4.68 Å². The summed E-state index contributed by atoms with van der Waals surface area (Å²) in [6.45, 7) is 2.67. The lowest BCUT2D eigenvalue weighted by atomic mass is 10.2. The SMILES string of the molecule is Cc1cc(NC(=O)Cn2ccc(-c3ccsc3)n2)n(Cc2ccccc2)n1. The van der Waals surface area contributed by atoms with E-state index in [4.69, 9.17) is 0 Å². The molecule has 3 heterocycles. The van der Waals surface area contributed by atoms with Crippen LogP contribution in [0.3, 0.4) is 0 Å². The maximum Gasteiger partial charge on any atom is 0.247 e. The maximum atomic E-state index is 12.5. The normalized spacial score (nSPS) is 10.9. The van der Waals surface area contributed by atoms with Gasteiger partial charge in [-0.05, 0) is 30.0 Å². The third-order valence-electron chi connectivity index (χ3n) is 4.11. The summed E-state index contributed by atoms with van der Waals surface area (Å²) in [5, 5.41) is 16.0. The van der Waals surface area contributed by atoms with Crippen molar-refractivity contribution in [2.24, 2.45) is 0 Å². The number of amides is 1. The standard InChI is InChI=1S/C20H19N5OS/c1-15-11-19(25(22-15)12-16-5-3-2-4-6-16)21-20(26)13-24-9-7-18(23-24)17-8-10-27-14-17/h2-11,14H,12-13H2,1H3,(H,21,26). The highest BCUT2D eigenvalue weighted by atomic mass is 32.1. The molecule has 4 rings (SSSR count). The van der Waals surface area contributed by atoms with E-state index in [2.05, 4.69) is 15.5 Å². The highest BCUT2D eigenvalue weighted by Gasteiger charge is 2.11. The Labute approximate surface area is 161 Å². The molecule has 0 radical (unpaired) electrons. The van der Waals surface area contributed by atoms with E-state index in [1.54, 1.807) is 16.0 Å². The Hall–Kier alpha value is -3.19. The lowest BCUT2D eigenvalue weighted by Crippen LogP contribution is -2.21. The number of nitrogens with zero attached hydrogens (tertiary/aromatic N) is 4. The van der Waals surface area contributed by atoms with Crippen LogP contribution in [0.2, 0.25) is 0 Å². The monoisotopic (exact) mass is 377 g/mol. The summed E-state index contributed by atoms with van der Waals surface area (Å²) in [5.74, 6) is 0.552. The summed E-state index contributed by atoms with van der Waals surface area (Å²) in [7, 11) is 0. The number of aryl methyl sites for hydroxylation is 1. The molecule has 1 amide bonds. The zero-order valence-electron chi connectivity index (χ0n) is 14.9. The molecule has 0 aliphatic rings. The lowest BCUT2D eigenvalue weighted by molar-refractivity contribution is -0.116. The first-order valence-corrected chi connectivity index (χ1v) is 9.56. The minimum Gasteiger partial charge on any atom is -0.309 e. The minimum absolute atomic E-state index is 0.135. The van der Waals surface area contributed by atoms with E-state index in [1.165, 1.54) is 0 Å². The number of aromatic nitrogens is 4. The van der Waals surface area contributed by atoms with Crippen LogP contribution in [0.25, 0.3) is 11.3 Å². The van der Waals surface area contributed by atoms with Gasteiger partial charge in [-0.2, -0.15) is 21.5 Å². The van der Waals surface area contributed by atoms with Crippen molar-refractivity contribution in [3.8, 4) is 11.3 Å². The Morgan fingerprint density at radius 1 is 1.15 bits per heavy atom. The van der Waals surface area contributed by atoms with Gasteiger partial charge in [-0.1, -0.05) is 30.3 Å². The number of carbonyl (C=O) groups excluding carboxylic acids is 1. The number of hydrogen-bond donors (Lipinski definition) is 1. The average Bonchev–Trinajstić information content (AvgIpc) is 3.38. The molecule has 1 N–H and O–H groups in total. The van der Waals surface area contributed by atoms with Crippen LogP contribution < -0.4 is 5.32 Å². The van der Waals surface area contributed by atoms with Crippen molar-refractivity contribution >= 4 is 23.1 Å². The zero-order valence-corrected chi connectivity index (χ0v) is 15.7. The van der Waals surface area contributed by atoms with Gasteiger partial charge in [-0.3, -0.25) is 9.48 Å². The molecule has 0 aliphatic heterocycles. The van der Waals surface area contributed by atoms with Crippen molar-refractivity contribution in [3.05, 3.63) is 76.7 Å². The van der Waals surface area contributed by atoms with Crippen molar-refractivity contribution in [3.63, 3.8) is 0 Å². The summed E-state index contributed by atoms with van der Waals surface area (Å²) >= 11 is 1.63. The van der Waals surface area contributed by atoms with Gasteiger partial charge in [0.25, 0.3) is 0 Å². The van der Waals surface area contributed by atoms with Gasteiger partial charge >= 0.3 is 0 Å². The van der Waals surface area contributed by atoms with Crippen LogP contribution in [0.5, 0.6) is 0 Å². The van der Waals surface area contributed by atoms with Gasteiger partial charge in [0.05, 0.1) is 17.9 Å².